The Morgan fingerprint density at radius 2 is 1.76 bits per heavy atom. The Hall–Kier alpha value is -4.03. The zero-order valence-electron chi connectivity index (χ0n) is 23.5. The summed E-state index contributed by atoms with van der Waals surface area (Å²) in [5.41, 5.74) is -1.37. The minimum atomic E-state index is -4.78. The van der Waals surface area contributed by atoms with Gasteiger partial charge in [0.25, 0.3) is 15.9 Å². The Balaban J connectivity index is 1.38. The molecule has 1 amide bonds. The van der Waals surface area contributed by atoms with Gasteiger partial charge in [0.15, 0.2) is 0 Å². The molecule has 2 aromatic carbocycles. The van der Waals surface area contributed by atoms with Gasteiger partial charge in [0.2, 0.25) is 0 Å². The molecule has 9 nitrogen and oxygen atoms in total. The zero-order chi connectivity index (χ0) is 32.4. The Morgan fingerprint density at radius 1 is 1.09 bits per heavy atom. The van der Waals surface area contributed by atoms with Crippen molar-refractivity contribution in [3.8, 4) is 6.07 Å². The number of carbonyl (C=O) groups is 1. The monoisotopic (exact) mass is 662 g/mol. The minimum Gasteiger partial charge on any atom is -0.346 e. The van der Waals surface area contributed by atoms with Crippen LogP contribution in [0, 0.1) is 23.1 Å². The Bertz CT molecular complexity index is 1940. The summed E-state index contributed by atoms with van der Waals surface area (Å²) >= 11 is 0. The van der Waals surface area contributed by atoms with E-state index in [1.165, 1.54) is 46.8 Å². The number of halogens is 4. The second-order valence-electron chi connectivity index (χ2n) is 11.6. The maximum Gasteiger partial charge on any atom is 0.417 e. The van der Waals surface area contributed by atoms with Crippen molar-refractivity contribution in [2.75, 3.05) is 15.8 Å². The molecule has 2 aliphatic heterocycles. The fraction of sp³-hybridized carbons (Fsp3) is 0.367. The van der Waals surface area contributed by atoms with E-state index in [0.29, 0.717) is 23.5 Å². The average Bonchev–Trinajstić information content (AvgIpc) is 3.80. The highest BCUT2D eigenvalue weighted by atomic mass is 32.2. The molecule has 6 rings (SSSR count). The summed E-state index contributed by atoms with van der Waals surface area (Å²) in [5.74, 6) is -2.30. The first kappa shape index (κ1) is 31.0. The van der Waals surface area contributed by atoms with Gasteiger partial charge in [0, 0.05) is 17.2 Å². The topological polar surface area (TPSA) is 137 Å². The number of sulfone groups is 1. The van der Waals surface area contributed by atoms with Gasteiger partial charge in [-0.15, -0.1) is 0 Å². The van der Waals surface area contributed by atoms with Gasteiger partial charge in [0.1, 0.15) is 15.7 Å². The normalized spacial score (nSPS) is 20.4. The van der Waals surface area contributed by atoms with E-state index in [0.717, 1.165) is 12.8 Å². The highest BCUT2D eigenvalue weighted by Crippen LogP contribution is 2.59. The molecule has 1 atom stereocenters. The first-order valence-corrected chi connectivity index (χ1v) is 17.3. The summed E-state index contributed by atoms with van der Waals surface area (Å²) in [6.07, 6.45) is -2.53. The number of aromatic nitrogens is 1. The molecule has 45 heavy (non-hydrogen) atoms. The summed E-state index contributed by atoms with van der Waals surface area (Å²) < 4.78 is 108. The number of nitriles is 1. The van der Waals surface area contributed by atoms with Gasteiger partial charge in [-0.1, -0.05) is 0 Å². The van der Waals surface area contributed by atoms with E-state index in [4.69, 9.17) is 0 Å². The third kappa shape index (κ3) is 5.54. The van der Waals surface area contributed by atoms with Crippen LogP contribution in [0.2, 0.25) is 0 Å². The van der Waals surface area contributed by atoms with Gasteiger partial charge >= 0.3 is 6.18 Å². The van der Waals surface area contributed by atoms with Crippen LogP contribution < -0.4 is 9.62 Å². The van der Waals surface area contributed by atoms with Crippen LogP contribution in [0.3, 0.4) is 0 Å². The molecule has 236 valence electrons. The number of rotatable bonds is 6. The summed E-state index contributed by atoms with van der Waals surface area (Å²) in [4.78, 5) is 16.7. The van der Waals surface area contributed by atoms with Crippen molar-refractivity contribution in [1.82, 2.24) is 10.3 Å². The molecule has 0 bridgehead atoms. The molecule has 0 radical (unpaired) electrons. The van der Waals surface area contributed by atoms with Crippen LogP contribution in [0.15, 0.2) is 59.6 Å². The SMILES string of the molecule is N#Cc1ccc(S(=O)(=O)N2c3ccc(C(=O)NCc4ncc(C(F)(F)F)cc4F)cc3C3(CCS(=O)(=O)CC3)C2C2CC2)cc1. The van der Waals surface area contributed by atoms with Crippen LogP contribution in [0.1, 0.15) is 58.4 Å². The second-order valence-corrected chi connectivity index (χ2v) is 15.7. The Labute approximate surface area is 256 Å². The minimum absolute atomic E-state index is 0.0357. The van der Waals surface area contributed by atoms with Crippen LogP contribution in [-0.2, 0) is 38.0 Å². The van der Waals surface area contributed by atoms with Crippen molar-refractivity contribution in [3.63, 3.8) is 0 Å². The van der Waals surface area contributed by atoms with E-state index in [-0.39, 0.29) is 46.3 Å². The molecule has 1 aromatic heterocycles. The van der Waals surface area contributed by atoms with Crippen LogP contribution in [0.5, 0.6) is 0 Å². The van der Waals surface area contributed by atoms with E-state index in [2.05, 4.69) is 10.3 Å². The number of nitrogens with zero attached hydrogens (tertiary/aromatic N) is 3. The molecule has 3 heterocycles. The number of benzene rings is 2. The maximum atomic E-state index is 14.3. The van der Waals surface area contributed by atoms with E-state index in [1.807, 2.05) is 6.07 Å². The van der Waals surface area contributed by atoms with Crippen molar-refractivity contribution in [3.05, 3.63) is 88.5 Å². The predicted octanol–water partition coefficient (Wildman–Crippen LogP) is 4.48. The number of amides is 1. The van der Waals surface area contributed by atoms with Gasteiger partial charge in [-0.2, -0.15) is 18.4 Å². The van der Waals surface area contributed by atoms with Crippen molar-refractivity contribution in [2.24, 2.45) is 5.92 Å². The number of carbonyl (C=O) groups excluding carboxylic acids is 1. The molecule has 2 fully saturated rings. The largest absolute Gasteiger partial charge is 0.417 e. The highest BCUT2D eigenvalue weighted by Gasteiger charge is 2.60. The standard InChI is InChI=1S/C30H26F4N4O5S2/c31-24-14-21(30(32,33)34)16-36-25(24)17-37-28(39)20-5-8-26-23(13-20)29(9-11-44(40,41)12-10-29)27(19-3-4-19)38(26)45(42,43)22-6-1-18(15-35)2-7-22/h1-2,5-8,13-14,16,19,27H,3-4,9-12,17H2,(H,37,39). The number of sulfonamides is 1. The molecular weight excluding hydrogens is 636 g/mol. The lowest BCUT2D eigenvalue weighted by Gasteiger charge is -2.41. The molecule has 1 spiro atoms. The summed E-state index contributed by atoms with van der Waals surface area (Å²) in [7, 11) is -7.55. The number of anilines is 1. The number of nitrogens with one attached hydrogen (secondary N) is 1. The number of hydrogen-bond donors (Lipinski definition) is 1. The second kappa shape index (κ2) is 10.8. The van der Waals surface area contributed by atoms with Gasteiger partial charge in [-0.25, -0.2) is 21.2 Å². The lowest BCUT2D eigenvalue weighted by molar-refractivity contribution is -0.138. The Kier molecular flexibility index (Phi) is 7.43. The van der Waals surface area contributed by atoms with Crippen LogP contribution in [-0.4, -0.2) is 45.3 Å². The Morgan fingerprint density at radius 3 is 2.33 bits per heavy atom. The molecule has 1 saturated carbocycles. The molecule has 1 aliphatic carbocycles. The first-order valence-electron chi connectivity index (χ1n) is 14.1. The van der Waals surface area contributed by atoms with Crippen LogP contribution in [0.4, 0.5) is 23.2 Å². The molecule has 1 N–H and O–H groups in total. The molecular formula is C30H26F4N4O5S2. The smallest absolute Gasteiger partial charge is 0.346 e. The third-order valence-electron chi connectivity index (χ3n) is 8.84. The van der Waals surface area contributed by atoms with Gasteiger partial charge < -0.3 is 5.32 Å². The lowest BCUT2D eigenvalue weighted by atomic mass is 9.70. The summed E-state index contributed by atoms with van der Waals surface area (Å²) in [6.45, 7) is -0.507. The summed E-state index contributed by atoms with van der Waals surface area (Å²) in [6, 6.07) is 11.6. The van der Waals surface area contributed by atoms with Crippen molar-refractivity contribution in [2.45, 2.75) is 54.8 Å². The molecule has 3 aromatic rings. The number of alkyl halides is 3. The third-order valence-corrected chi connectivity index (χ3v) is 12.3. The van der Waals surface area contributed by atoms with E-state index >= 15 is 0 Å². The lowest BCUT2D eigenvalue weighted by Crippen LogP contribution is -2.52. The van der Waals surface area contributed by atoms with Gasteiger partial charge in [-0.05, 0) is 85.7 Å². The summed E-state index contributed by atoms with van der Waals surface area (Å²) in [5, 5.41) is 11.6. The quantitative estimate of drug-likeness (QED) is 0.385. The first-order chi connectivity index (χ1) is 21.2. The predicted molar refractivity (Wildman–Crippen MR) is 154 cm³/mol. The van der Waals surface area contributed by atoms with Crippen LogP contribution >= 0.6 is 0 Å². The van der Waals surface area contributed by atoms with Gasteiger partial charge in [-0.3, -0.25) is 14.1 Å². The number of fused-ring (bicyclic) bond motifs is 2. The fourth-order valence-corrected chi connectivity index (χ4v) is 9.79. The van der Waals surface area contributed by atoms with Crippen LogP contribution in [0.25, 0.3) is 0 Å². The fourth-order valence-electron chi connectivity index (χ4n) is 6.44. The van der Waals surface area contributed by atoms with E-state index < -0.39 is 67.0 Å². The molecule has 1 saturated heterocycles. The van der Waals surface area contributed by atoms with E-state index in [1.54, 1.807) is 0 Å². The zero-order valence-corrected chi connectivity index (χ0v) is 25.1. The van der Waals surface area contributed by atoms with Crippen molar-refractivity contribution < 1.29 is 39.2 Å². The highest BCUT2D eigenvalue weighted by molar-refractivity contribution is 7.93. The maximum absolute atomic E-state index is 14.3. The molecule has 1 unspecified atom stereocenters. The number of pyridine rings is 1. The van der Waals surface area contributed by atoms with E-state index in [9.17, 15) is 44.5 Å². The van der Waals surface area contributed by atoms with Crippen molar-refractivity contribution >= 4 is 31.5 Å². The van der Waals surface area contributed by atoms with Gasteiger partial charge in [0.05, 0.1) is 57.6 Å². The average molecular weight is 663 g/mol. The molecule has 3 aliphatic rings. The number of hydrogen-bond acceptors (Lipinski definition) is 7. The van der Waals surface area contributed by atoms with Crippen molar-refractivity contribution in [1.29, 1.82) is 5.26 Å². The molecule has 15 heteroatoms.